The van der Waals surface area contributed by atoms with E-state index in [2.05, 4.69) is 20.6 Å². The molecular weight excluding hydrogens is 535 g/mol. The molecule has 4 N–H and O–H groups in total. The Bertz CT molecular complexity index is 818. The van der Waals surface area contributed by atoms with Gasteiger partial charge in [-0.05, 0) is 35.4 Å². The maximum absolute atomic E-state index is 11.5. The normalized spacial score (nSPS) is 10.3. The number of aliphatic hydroxyl groups excluding tert-OH is 2. The van der Waals surface area contributed by atoms with E-state index in [0.717, 1.165) is 0 Å². The average molecular weight is 569 g/mol. The van der Waals surface area contributed by atoms with Crippen molar-refractivity contribution in [3.05, 3.63) is 47.5 Å². The maximum Gasteiger partial charge on any atom is 3.00 e. The van der Waals surface area contributed by atoms with Crippen molar-refractivity contribution in [2.24, 2.45) is 9.98 Å². The molecule has 0 bridgehead atoms. The third kappa shape index (κ3) is 15.6. The Kier molecular flexibility index (Phi) is 22.9. The van der Waals surface area contributed by atoms with Gasteiger partial charge in [0.2, 0.25) is 0 Å². The number of aliphatic imine (C=N–C) groups is 2. The minimum Gasteiger partial charge on any atom is -1.00 e. The zero-order valence-electron chi connectivity index (χ0n) is 20.4. The number of aliphatic hydroxyl groups is 2. The van der Waals surface area contributed by atoms with Crippen LogP contribution < -0.4 is 42.7 Å². The molecule has 10 nitrogen and oxygen atoms in total. The summed E-state index contributed by atoms with van der Waals surface area (Å²) in [6.07, 6.45) is 3.09. The summed E-state index contributed by atoms with van der Waals surface area (Å²) < 4.78 is 10.1. The Labute approximate surface area is 229 Å². The molecule has 0 saturated carbocycles. The van der Waals surface area contributed by atoms with Crippen molar-refractivity contribution in [2.45, 2.75) is 0 Å². The second kappa shape index (κ2) is 23.0. The molecule has 0 saturated heterocycles. The first-order valence-corrected chi connectivity index (χ1v) is 10.9. The molecule has 202 valence electrons. The van der Waals surface area contributed by atoms with E-state index >= 15 is 0 Å². The molecule has 0 spiro atoms. The molecule has 0 radical (unpaired) electrons. The zero-order valence-corrected chi connectivity index (χ0v) is 22.2. The van der Waals surface area contributed by atoms with Crippen LogP contribution in [0.25, 0.3) is 0 Å². The van der Waals surface area contributed by atoms with Gasteiger partial charge in [-0.2, -0.15) is 0 Å². The topological polar surface area (TPSA) is 154 Å². The zero-order chi connectivity index (χ0) is 25.0. The largest absolute Gasteiger partial charge is 3.00 e. The number of nitrogens with zero attached hydrogens (tertiary/aromatic N) is 2. The smallest absolute Gasteiger partial charge is 1.00 e. The van der Waals surface area contributed by atoms with Gasteiger partial charge in [0.25, 0.3) is 0 Å². The molecule has 0 aliphatic carbocycles. The summed E-state index contributed by atoms with van der Waals surface area (Å²) in [4.78, 5) is 8.25. The fourth-order valence-corrected chi connectivity index (χ4v) is 2.53. The maximum atomic E-state index is 11.5. The Morgan fingerprint density at radius 1 is 0.750 bits per heavy atom. The van der Waals surface area contributed by atoms with E-state index in [1.54, 1.807) is 50.9 Å². The van der Waals surface area contributed by atoms with Crippen molar-refractivity contribution in [1.82, 2.24) is 10.6 Å². The molecule has 0 fully saturated rings. The van der Waals surface area contributed by atoms with Crippen LogP contribution in [0.15, 0.2) is 46.4 Å². The van der Waals surface area contributed by atoms with Gasteiger partial charge in [0, 0.05) is 38.6 Å². The Hall–Kier alpha value is -2.38. The molecule has 0 aromatic heterocycles. The van der Waals surface area contributed by atoms with Crippen LogP contribution >= 0.6 is 0 Å². The third-order valence-corrected chi connectivity index (χ3v) is 4.31. The minimum absolute atomic E-state index is 0. The van der Waals surface area contributed by atoms with Crippen molar-refractivity contribution in [1.29, 1.82) is 0 Å². The summed E-state index contributed by atoms with van der Waals surface area (Å²) in [6, 6.07) is 9.50. The number of rotatable bonds is 14. The number of ether oxygens (including phenoxy) is 2. The molecule has 36 heavy (non-hydrogen) atoms. The molecule has 0 atom stereocenters. The Morgan fingerprint density at radius 3 is 1.47 bits per heavy atom. The van der Waals surface area contributed by atoms with Crippen molar-refractivity contribution >= 4 is 12.4 Å². The molecule has 2 rings (SSSR count). The number of benzene rings is 2. The molecule has 0 aliphatic rings. The molecule has 12 heteroatoms. The Balaban J connectivity index is 0. The van der Waals surface area contributed by atoms with Crippen LogP contribution in [0, 0.1) is 0 Å². The predicted octanol–water partition coefficient (Wildman–Crippen LogP) is -3.46. The van der Waals surface area contributed by atoms with Gasteiger partial charge in [-0.1, -0.05) is 23.6 Å². The van der Waals surface area contributed by atoms with E-state index in [4.69, 9.17) is 19.7 Å². The number of methoxy groups -OCH3 is 2. The summed E-state index contributed by atoms with van der Waals surface area (Å²) in [6.45, 7) is 3.83. The van der Waals surface area contributed by atoms with Gasteiger partial charge in [-0.25, -0.2) is 0 Å². The third-order valence-electron chi connectivity index (χ3n) is 4.31. The summed E-state index contributed by atoms with van der Waals surface area (Å²) >= 11 is 0. The number of halogens is 1. The van der Waals surface area contributed by atoms with E-state index < -0.39 is 0 Å². The Morgan fingerprint density at radius 2 is 1.14 bits per heavy atom. The molecule has 0 aliphatic heterocycles. The minimum atomic E-state index is -0.0714. The molecule has 0 heterocycles. The van der Waals surface area contributed by atoms with Crippen molar-refractivity contribution in [2.75, 3.05) is 66.7 Å². The predicted molar refractivity (Wildman–Crippen MR) is 130 cm³/mol. The van der Waals surface area contributed by atoms with Crippen LogP contribution in [0.2, 0.25) is 0 Å². The fourth-order valence-electron chi connectivity index (χ4n) is 2.53. The van der Waals surface area contributed by atoms with Crippen molar-refractivity contribution in [3.63, 3.8) is 0 Å². The molecule has 0 unspecified atom stereocenters. The standard InChI is InChI=1S/2C12H18N2O3.ClH.Co/c2*1-17-11-2-3-12(16)10(8-11)9-14-5-4-13-6-7-15;;/h2*2-3,8-9,13,15-16H,4-7H2,1H3;1H;/q;;;+3/p-3. The number of hydrogen-bond acceptors (Lipinski definition) is 10. The molecule has 2 aromatic rings. The van der Waals surface area contributed by atoms with E-state index in [0.29, 0.717) is 61.9 Å². The van der Waals surface area contributed by atoms with Crippen LogP contribution in [0.4, 0.5) is 0 Å². The van der Waals surface area contributed by atoms with Gasteiger partial charge < -0.3 is 52.9 Å². The first-order chi connectivity index (χ1) is 16.5. The molecular formula is C24H34ClCoN4O6. The average Bonchev–Trinajstić information content (AvgIpc) is 2.86. The first-order valence-electron chi connectivity index (χ1n) is 10.9. The SMILES string of the molecule is COc1ccc([O-])c(C=NCCNCCO)c1.COc1ccc([O-])c(C=NCCNCCO)c1.[Cl-].[Co+3]. The van der Waals surface area contributed by atoms with Crippen molar-refractivity contribution < 1.29 is 59.1 Å². The van der Waals surface area contributed by atoms with Crippen LogP contribution in [0.1, 0.15) is 11.1 Å². The van der Waals surface area contributed by atoms with Crippen LogP contribution in [-0.4, -0.2) is 89.3 Å². The van der Waals surface area contributed by atoms with Gasteiger partial charge in [0.1, 0.15) is 11.5 Å². The van der Waals surface area contributed by atoms with Crippen LogP contribution in [0.3, 0.4) is 0 Å². The summed E-state index contributed by atoms with van der Waals surface area (Å²) in [5, 5.41) is 46.0. The first kappa shape index (κ1) is 35.8. The van der Waals surface area contributed by atoms with E-state index in [1.807, 2.05) is 0 Å². The second-order valence-corrected chi connectivity index (χ2v) is 6.83. The van der Waals surface area contributed by atoms with Crippen LogP contribution in [0.5, 0.6) is 23.0 Å². The van der Waals surface area contributed by atoms with E-state index in [-0.39, 0.29) is 53.9 Å². The van der Waals surface area contributed by atoms with Gasteiger partial charge in [-0.15, -0.1) is 0 Å². The van der Waals surface area contributed by atoms with Gasteiger partial charge in [0.05, 0.1) is 40.5 Å². The monoisotopic (exact) mass is 568 g/mol. The molecule has 2 aromatic carbocycles. The van der Waals surface area contributed by atoms with E-state index in [1.165, 1.54) is 12.1 Å². The molecule has 0 amide bonds. The summed E-state index contributed by atoms with van der Waals surface area (Å²) in [5.74, 6) is 1.14. The van der Waals surface area contributed by atoms with E-state index in [9.17, 15) is 10.2 Å². The van der Waals surface area contributed by atoms with Gasteiger partial charge in [-0.3, -0.25) is 9.98 Å². The van der Waals surface area contributed by atoms with Gasteiger partial charge in [0.15, 0.2) is 0 Å². The number of hydrogen-bond donors (Lipinski definition) is 4. The number of nitrogens with one attached hydrogen (secondary N) is 2. The second-order valence-electron chi connectivity index (χ2n) is 6.83. The summed E-state index contributed by atoms with van der Waals surface area (Å²) in [7, 11) is 3.11. The summed E-state index contributed by atoms with van der Waals surface area (Å²) in [5.41, 5.74) is 1.04. The van der Waals surface area contributed by atoms with Gasteiger partial charge >= 0.3 is 16.8 Å². The van der Waals surface area contributed by atoms with Crippen molar-refractivity contribution in [3.8, 4) is 23.0 Å². The van der Waals surface area contributed by atoms with Crippen LogP contribution in [-0.2, 0) is 16.8 Å². The fraction of sp³-hybridized carbons (Fsp3) is 0.417. The quantitative estimate of drug-likeness (QED) is 0.135.